The average molecular weight is 224 g/mol. The molecule has 0 saturated carbocycles. The van der Waals surface area contributed by atoms with Gasteiger partial charge in [-0.25, -0.2) is 4.98 Å². The van der Waals surface area contributed by atoms with E-state index in [-0.39, 0.29) is 0 Å². The van der Waals surface area contributed by atoms with E-state index in [0.29, 0.717) is 6.61 Å². The number of aromatic nitrogens is 2. The van der Waals surface area contributed by atoms with Crippen molar-refractivity contribution in [3.8, 4) is 0 Å². The first kappa shape index (κ1) is 12.7. The van der Waals surface area contributed by atoms with Crippen LogP contribution in [0.15, 0.2) is 12.4 Å². The molecule has 0 atom stereocenters. The molecule has 0 unspecified atom stereocenters. The van der Waals surface area contributed by atoms with Crippen LogP contribution in [0.25, 0.3) is 0 Å². The van der Waals surface area contributed by atoms with E-state index in [1.165, 1.54) is 6.42 Å². The van der Waals surface area contributed by atoms with Crippen molar-refractivity contribution in [2.45, 2.75) is 19.8 Å². The van der Waals surface area contributed by atoms with Crippen molar-refractivity contribution in [3.05, 3.63) is 12.4 Å². The van der Waals surface area contributed by atoms with Crippen molar-refractivity contribution < 1.29 is 4.74 Å². The maximum Gasteiger partial charge on any atom is 0.147 e. The van der Waals surface area contributed by atoms with Crippen LogP contribution in [-0.4, -0.2) is 36.8 Å². The molecule has 0 aliphatic carbocycles. The normalized spacial score (nSPS) is 10.1. The van der Waals surface area contributed by atoms with Gasteiger partial charge < -0.3 is 15.4 Å². The van der Waals surface area contributed by atoms with Gasteiger partial charge in [0.05, 0.1) is 19.0 Å². The van der Waals surface area contributed by atoms with Gasteiger partial charge in [-0.05, 0) is 6.42 Å². The molecule has 1 aromatic heterocycles. The molecule has 0 bridgehead atoms. The van der Waals surface area contributed by atoms with Crippen LogP contribution in [0.2, 0.25) is 0 Å². The lowest BCUT2D eigenvalue weighted by molar-refractivity contribution is 0.141. The van der Waals surface area contributed by atoms with Gasteiger partial charge in [-0.3, -0.25) is 4.98 Å². The molecule has 16 heavy (non-hydrogen) atoms. The molecule has 0 aliphatic heterocycles. The predicted octanol–water partition coefficient (Wildman–Crippen LogP) is 1.75. The first-order valence-corrected chi connectivity index (χ1v) is 5.68. The first-order valence-electron chi connectivity index (χ1n) is 5.68. The molecule has 1 rings (SSSR count). The van der Waals surface area contributed by atoms with Crippen LogP contribution >= 0.6 is 0 Å². The largest absolute Gasteiger partial charge is 0.380 e. The zero-order valence-corrected chi connectivity index (χ0v) is 9.99. The second kappa shape index (κ2) is 7.87. The van der Waals surface area contributed by atoms with Gasteiger partial charge in [0, 0.05) is 20.2 Å². The Hall–Kier alpha value is -1.36. The van der Waals surface area contributed by atoms with Crippen LogP contribution < -0.4 is 10.6 Å². The highest BCUT2D eigenvalue weighted by molar-refractivity contribution is 5.40. The van der Waals surface area contributed by atoms with Gasteiger partial charge in [0.15, 0.2) is 0 Å². The molecule has 5 heteroatoms. The van der Waals surface area contributed by atoms with E-state index in [4.69, 9.17) is 4.74 Å². The molecule has 90 valence electrons. The quantitative estimate of drug-likeness (QED) is 0.659. The summed E-state index contributed by atoms with van der Waals surface area (Å²) in [6.45, 7) is 4.44. The summed E-state index contributed by atoms with van der Waals surface area (Å²) in [6.07, 6.45) is 5.67. The van der Waals surface area contributed by atoms with Crippen LogP contribution in [0.1, 0.15) is 19.8 Å². The highest BCUT2D eigenvalue weighted by atomic mass is 16.5. The van der Waals surface area contributed by atoms with Crippen LogP contribution in [-0.2, 0) is 4.74 Å². The number of ether oxygens (including phenoxy) is 1. The summed E-state index contributed by atoms with van der Waals surface area (Å²) >= 11 is 0. The average Bonchev–Trinajstić information content (AvgIpc) is 2.34. The molecule has 0 radical (unpaired) electrons. The fourth-order valence-corrected chi connectivity index (χ4v) is 1.17. The van der Waals surface area contributed by atoms with E-state index in [9.17, 15) is 0 Å². The molecule has 1 aromatic rings. The summed E-state index contributed by atoms with van der Waals surface area (Å²) < 4.78 is 5.43. The molecule has 2 N–H and O–H groups in total. The molecule has 0 aromatic carbocycles. The SMILES string of the molecule is CCCCOCCNc1cncc(NC)n1. The molecule has 0 spiro atoms. The Morgan fingerprint density at radius 1 is 1.25 bits per heavy atom. The van der Waals surface area contributed by atoms with Crippen LogP contribution in [0.5, 0.6) is 0 Å². The topological polar surface area (TPSA) is 59.1 Å². The minimum absolute atomic E-state index is 0.700. The molecule has 1 heterocycles. The van der Waals surface area contributed by atoms with Crippen LogP contribution in [0.3, 0.4) is 0 Å². The van der Waals surface area contributed by atoms with E-state index in [1.807, 2.05) is 7.05 Å². The Bertz CT molecular complexity index is 293. The van der Waals surface area contributed by atoms with Gasteiger partial charge in [0.25, 0.3) is 0 Å². The molecular weight excluding hydrogens is 204 g/mol. The van der Waals surface area contributed by atoms with Gasteiger partial charge in [-0.15, -0.1) is 0 Å². The lowest BCUT2D eigenvalue weighted by Crippen LogP contribution is -2.11. The van der Waals surface area contributed by atoms with Gasteiger partial charge in [-0.1, -0.05) is 13.3 Å². The lowest BCUT2D eigenvalue weighted by atomic mass is 10.4. The fraction of sp³-hybridized carbons (Fsp3) is 0.636. The summed E-state index contributed by atoms with van der Waals surface area (Å²) in [5.74, 6) is 1.53. The molecular formula is C11H20N4O. The van der Waals surface area contributed by atoms with Crippen LogP contribution in [0, 0.1) is 0 Å². The Labute approximate surface area is 96.6 Å². The third-order valence-corrected chi connectivity index (χ3v) is 2.09. The van der Waals surface area contributed by atoms with E-state index in [1.54, 1.807) is 12.4 Å². The molecule has 5 nitrogen and oxygen atoms in total. The summed E-state index contributed by atoms with van der Waals surface area (Å²) in [5.41, 5.74) is 0. The van der Waals surface area contributed by atoms with Crippen molar-refractivity contribution in [1.82, 2.24) is 9.97 Å². The number of unbranched alkanes of at least 4 members (excludes halogenated alkanes) is 1. The number of hydrogen-bond acceptors (Lipinski definition) is 5. The zero-order chi connectivity index (χ0) is 11.6. The van der Waals surface area contributed by atoms with E-state index < -0.39 is 0 Å². The van der Waals surface area contributed by atoms with Crippen molar-refractivity contribution in [1.29, 1.82) is 0 Å². The van der Waals surface area contributed by atoms with Crippen molar-refractivity contribution >= 4 is 11.6 Å². The maximum absolute atomic E-state index is 5.43. The Morgan fingerprint density at radius 2 is 2.06 bits per heavy atom. The molecule has 0 saturated heterocycles. The number of hydrogen-bond donors (Lipinski definition) is 2. The van der Waals surface area contributed by atoms with E-state index in [2.05, 4.69) is 27.5 Å². The van der Waals surface area contributed by atoms with Gasteiger partial charge in [-0.2, -0.15) is 0 Å². The Kier molecular flexibility index (Phi) is 6.25. The second-order valence-electron chi connectivity index (χ2n) is 3.43. The van der Waals surface area contributed by atoms with Crippen LogP contribution in [0.4, 0.5) is 11.6 Å². The van der Waals surface area contributed by atoms with Gasteiger partial charge in [0.2, 0.25) is 0 Å². The third-order valence-electron chi connectivity index (χ3n) is 2.09. The number of nitrogens with one attached hydrogen (secondary N) is 2. The molecule has 0 aliphatic rings. The van der Waals surface area contributed by atoms with E-state index >= 15 is 0 Å². The van der Waals surface area contributed by atoms with Gasteiger partial charge >= 0.3 is 0 Å². The molecule has 0 fully saturated rings. The fourth-order valence-electron chi connectivity index (χ4n) is 1.17. The molecule has 0 amide bonds. The summed E-state index contributed by atoms with van der Waals surface area (Å²) in [5, 5.41) is 6.10. The van der Waals surface area contributed by atoms with Gasteiger partial charge in [0.1, 0.15) is 11.6 Å². The highest BCUT2D eigenvalue weighted by Crippen LogP contribution is 2.04. The number of rotatable bonds is 8. The van der Waals surface area contributed by atoms with Crippen molar-refractivity contribution in [3.63, 3.8) is 0 Å². The maximum atomic E-state index is 5.43. The smallest absolute Gasteiger partial charge is 0.147 e. The summed E-state index contributed by atoms with van der Waals surface area (Å²) in [6, 6.07) is 0. The van der Waals surface area contributed by atoms with E-state index in [0.717, 1.165) is 31.2 Å². The van der Waals surface area contributed by atoms with Crippen molar-refractivity contribution in [2.24, 2.45) is 0 Å². The monoisotopic (exact) mass is 224 g/mol. The highest BCUT2D eigenvalue weighted by Gasteiger charge is 1.95. The second-order valence-corrected chi connectivity index (χ2v) is 3.43. The standard InChI is InChI=1S/C11H20N4O/c1-3-4-6-16-7-5-14-11-9-13-8-10(12-2)15-11/h8-9H,3-7H2,1-2H3,(H2,12,14,15). The first-order chi connectivity index (χ1) is 7.86. The lowest BCUT2D eigenvalue weighted by Gasteiger charge is -2.07. The minimum atomic E-state index is 0.700. The minimum Gasteiger partial charge on any atom is -0.380 e. The Balaban J connectivity index is 2.16. The number of anilines is 2. The summed E-state index contributed by atoms with van der Waals surface area (Å²) in [7, 11) is 1.82. The van der Waals surface area contributed by atoms with Crippen molar-refractivity contribution in [2.75, 3.05) is 37.4 Å². The third kappa shape index (κ3) is 4.93. The number of nitrogens with zero attached hydrogens (tertiary/aromatic N) is 2. The zero-order valence-electron chi connectivity index (χ0n) is 9.99. The predicted molar refractivity (Wildman–Crippen MR) is 65.8 cm³/mol. The Morgan fingerprint density at radius 3 is 2.81 bits per heavy atom. The summed E-state index contributed by atoms with van der Waals surface area (Å²) in [4.78, 5) is 8.34.